The number of aliphatic carboxylic acids is 1. The monoisotopic (exact) mass is 321 g/mol. The topological polar surface area (TPSA) is 108 Å². The van der Waals surface area contributed by atoms with E-state index in [9.17, 15) is 14.4 Å². The highest BCUT2D eigenvalue weighted by Crippen LogP contribution is 2.04. The van der Waals surface area contributed by atoms with E-state index in [1.165, 1.54) is 0 Å². The van der Waals surface area contributed by atoms with E-state index in [0.29, 0.717) is 18.7 Å². The third-order valence-electron chi connectivity index (χ3n) is 3.11. The van der Waals surface area contributed by atoms with Gasteiger partial charge in [-0.25, -0.2) is 4.79 Å². The van der Waals surface area contributed by atoms with Gasteiger partial charge in [-0.1, -0.05) is 25.5 Å². The Balaban J connectivity index is 2.34. The fraction of sp³-hybridized carbons (Fsp3) is 0.438. The quantitative estimate of drug-likeness (QED) is 0.517. The van der Waals surface area contributed by atoms with Crippen molar-refractivity contribution in [2.45, 2.75) is 32.7 Å². The highest BCUT2D eigenvalue weighted by molar-refractivity contribution is 5.94. The van der Waals surface area contributed by atoms with Crippen LogP contribution in [0.5, 0.6) is 0 Å². The molecule has 1 aromatic rings. The molecule has 4 N–H and O–H groups in total. The van der Waals surface area contributed by atoms with Gasteiger partial charge in [0.15, 0.2) is 0 Å². The molecule has 0 radical (unpaired) electrons. The average Bonchev–Trinajstić information content (AvgIpc) is 2.53. The number of nitrogens with one attached hydrogen (secondary N) is 3. The van der Waals surface area contributed by atoms with Gasteiger partial charge in [0.25, 0.3) is 5.91 Å². The number of carbonyl (C=O) groups excluding carboxylic acids is 2. The molecule has 0 unspecified atom stereocenters. The van der Waals surface area contributed by atoms with E-state index in [2.05, 4.69) is 22.9 Å². The van der Waals surface area contributed by atoms with Crippen LogP contribution in [0.3, 0.4) is 0 Å². The number of unbranched alkanes of at least 4 members (excludes halogenated alkanes) is 1. The van der Waals surface area contributed by atoms with Crippen LogP contribution in [-0.4, -0.2) is 36.1 Å². The molecule has 1 aromatic carbocycles. The average molecular weight is 321 g/mol. The zero-order valence-electron chi connectivity index (χ0n) is 13.2. The Bertz CT molecular complexity index is 529. The molecule has 0 aliphatic heterocycles. The van der Waals surface area contributed by atoms with Crippen molar-refractivity contribution >= 4 is 17.9 Å². The third-order valence-corrected chi connectivity index (χ3v) is 3.11. The van der Waals surface area contributed by atoms with Gasteiger partial charge in [-0.05, 0) is 24.1 Å². The maximum atomic E-state index is 11.8. The van der Waals surface area contributed by atoms with Crippen molar-refractivity contribution in [1.29, 1.82) is 0 Å². The molecule has 0 saturated carbocycles. The SMILES string of the molecule is CCCCNC(=O)c1ccc(CNC(=O)NCCC(=O)O)cc1. The normalized spacial score (nSPS) is 9.96. The molecule has 0 aliphatic carbocycles. The number of hydrogen-bond acceptors (Lipinski definition) is 3. The number of benzene rings is 1. The van der Waals surface area contributed by atoms with E-state index in [0.717, 1.165) is 18.4 Å². The van der Waals surface area contributed by atoms with Gasteiger partial charge < -0.3 is 21.1 Å². The van der Waals surface area contributed by atoms with Crippen molar-refractivity contribution in [3.8, 4) is 0 Å². The van der Waals surface area contributed by atoms with Gasteiger partial charge in [0.1, 0.15) is 0 Å². The molecule has 7 heteroatoms. The summed E-state index contributed by atoms with van der Waals surface area (Å²) < 4.78 is 0. The van der Waals surface area contributed by atoms with Gasteiger partial charge >= 0.3 is 12.0 Å². The van der Waals surface area contributed by atoms with Crippen LogP contribution in [0.4, 0.5) is 4.79 Å². The van der Waals surface area contributed by atoms with E-state index in [4.69, 9.17) is 5.11 Å². The standard InChI is InChI=1S/C16H23N3O4/c1-2-3-9-17-15(22)13-6-4-12(5-7-13)11-19-16(23)18-10-8-14(20)21/h4-7H,2-3,8-11H2,1H3,(H,17,22)(H,20,21)(H2,18,19,23). The molecule has 1 rings (SSSR count). The van der Waals surface area contributed by atoms with E-state index in [1.807, 2.05) is 0 Å². The van der Waals surface area contributed by atoms with E-state index in [-0.39, 0.29) is 18.9 Å². The summed E-state index contributed by atoms with van der Waals surface area (Å²) in [6.07, 6.45) is 1.86. The summed E-state index contributed by atoms with van der Waals surface area (Å²) in [6, 6.07) is 6.53. The first kappa shape index (κ1) is 18.5. The van der Waals surface area contributed by atoms with Gasteiger partial charge in [0.2, 0.25) is 0 Å². The predicted octanol–water partition coefficient (Wildman–Crippen LogP) is 1.49. The maximum absolute atomic E-state index is 11.8. The number of urea groups is 1. The van der Waals surface area contributed by atoms with Gasteiger partial charge in [0, 0.05) is 25.2 Å². The Labute approximate surface area is 135 Å². The largest absolute Gasteiger partial charge is 0.481 e. The number of carboxylic acid groups (broad SMARTS) is 1. The van der Waals surface area contributed by atoms with Crippen LogP contribution in [-0.2, 0) is 11.3 Å². The molecular formula is C16H23N3O4. The van der Waals surface area contributed by atoms with Crippen LogP contribution in [0.1, 0.15) is 42.1 Å². The lowest BCUT2D eigenvalue weighted by Gasteiger charge is -2.08. The number of hydrogen-bond donors (Lipinski definition) is 4. The van der Waals surface area contributed by atoms with Crippen LogP contribution in [0, 0.1) is 0 Å². The molecule has 7 nitrogen and oxygen atoms in total. The fourth-order valence-electron chi connectivity index (χ4n) is 1.78. The van der Waals surface area contributed by atoms with Crippen LogP contribution in [0.2, 0.25) is 0 Å². The van der Waals surface area contributed by atoms with Crippen molar-refractivity contribution in [3.63, 3.8) is 0 Å². The first-order chi connectivity index (χ1) is 11.0. The molecule has 0 heterocycles. The summed E-state index contributed by atoms with van der Waals surface area (Å²) in [4.78, 5) is 33.6. The van der Waals surface area contributed by atoms with Crippen molar-refractivity contribution in [1.82, 2.24) is 16.0 Å². The molecule has 0 bridgehead atoms. The van der Waals surface area contributed by atoms with Crippen LogP contribution in [0.25, 0.3) is 0 Å². The summed E-state index contributed by atoms with van der Waals surface area (Å²) in [5, 5.41) is 16.4. The number of carbonyl (C=O) groups is 3. The highest BCUT2D eigenvalue weighted by Gasteiger charge is 2.05. The smallest absolute Gasteiger partial charge is 0.315 e. The second-order valence-electron chi connectivity index (χ2n) is 5.06. The van der Waals surface area contributed by atoms with Gasteiger partial charge in [-0.2, -0.15) is 0 Å². The Morgan fingerprint density at radius 2 is 1.70 bits per heavy atom. The van der Waals surface area contributed by atoms with Crippen molar-refractivity contribution in [2.24, 2.45) is 0 Å². The zero-order chi connectivity index (χ0) is 17.1. The first-order valence-corrected chi connectivity index (χ1v) is 7.63. The Kier molecular flexibility index (Phi) is 8.20. The molecule has 0 fully saturated rings. The number of carboxylic acids is 1. The fourth-order valence-corrected chi connectivity index (χ4v) is 1.78. The lowest BCUT2D eigenvalue weighted by atomic mass is 10.1. The Morgan fingerprint density at radius 3 is 2.30 bits per heavy atom. The van der Waals surface area contributed by atoms with Crippen molar-refractivity contribution in [2.75, 3.05) is 13.1 Å². The summed E-state index contributed by atoms with van der Waals surface area (Å²) in [5.41, 5.74) is 1.43. The lowest BCUT2D eigenvalue weighted by molar-refractivity contribution is -0.136. The van der Waals surface area contributed by atoms with E-state index < -0.39 is 12.0 Å². The predicted molar refractivity (Wildman–Crippen MR) is 86.2 cm³/mol. The molecule has 0 atom stereocenters. The lowest BCUT2D eigenvalue weighted by Crippen LogP contribution is -2.36. The second-order valence-corrected chi connectivity index (χ2v) is 5.06. The van der Waals surface area contributed by atoms with Crippen molar-refractivity contribution < 1.29 is 19.5 Å². The minimum Gasteiger partial charge on any atom is -0.481 e. The number of rotatable bonds is 9. The molecule has 0 saturated heterocycles. The molecule has 0 aromatic heterocycles. The maximum Gasteiger partial charge on any atom is 0.315 e. The summed E-state index contributed by atoms with van der Waals surface area (Å²) in [6.45, 7) is 3.11. The molecule has 126 valence electrons. The summed E-state index contributed by atoms with van der Waals surface area (Å²) in [5.74, 6) is -1.07. The first-order valence-electron chi connectivity index (χ1n) is 7.63. The summed E-state index contributed by atoms with van der Waals surface area (Å²) in [7, 11) is 0. The molecule has 23 heavy (non-hydrogen) atoms. The second kappa shape index (κ2) is 10.2. The Hall–Kier alpha value is -2.57. The molecule has 3 amide bonds. The van der Waals surface area contributed by atoms with E-state index in [1.54, 1.807) is 24.3 Å². The third kappa shape index (κ3) is 7.85. The van der Waals surface area contributed by atoms with Crippen molar-refractivity contribution in [3.05, 3.63) is 35.4 Å². The van der Waals surface area contributed by atoms with Crippen LogP contribution in [0.15, 0.2) is 24.3 Å². The van der Waals surface area contributed by atoms with E-state index >= 15 is 0 Å². The highest BCUT2D eigenvalue weighted by atomic mass is 16.4. The van der Waals surface area contributed by atoms with Gasteiger partial charge in [-0.15, -0.1) is 0 Å². The van der Waals surface area contributed by atoms with Gasteiger partial charge in [-0.3, -0.25) is 9.59 Å². The van der Waals surface area contributed by atoms with Crippen LogP contribution >= 0.6 is 0 Å². The Morgan fingerprint density at radius 1 is 1.00 bits per heavy atom. The minimum atomic E-state index is -0.960. The number of amides is 3. The van der Waals surface area contributed by atoms with Gasteiger partial charge in [0.05, 0.1) is 6.42 Å². The zero-order valence-corrected chi connectivity index (χ0v) is 13.2. The van der Waals surface area contributed by atoms with Crippen LogP contribution < -0.4 is 16.0 Å². The molecule has 0 spiro atoms. The summed E-state index contributed by atoms with van der Waals surface area (Å²) >= 11 is 0. The molecule has 0 aliphatic rings. The molecular weight excluding hydrogens is 298 g/mol. The minimum absolute atomic E-state index is 0.0814.